The highest BCUT2D eigenvalue weighted by Crippen LogP contribution is 2.35. The summed E-state index contributed by atoms with van der Waals surface area (Å²) < 4.78 is 0. The molecule has 1 aromatic rings. The van der Waals surface area contributed by atoms with Gasteiger partial charge in [0.05, 0.1) is 5.56 Å². The highest BCUT2D eigenvalue weighted by atomic mass is 16.2. The van der Waals surface area contributed by atoms with Crippen molar-refractivity contribution >= 4 is 23.4 Å². The Labute approximate surface area is 147 Å². The van der Waals surface area contributed by atoms with E-state index in [1.807, 2.05) is 18.2 Å². The molecule has 2 fully saturated rings. The zero-order valence-electron chi connectivity index (χ0n) is 14.5. The maximum absolute atomic E-state index is 13.1. The van der Waals surface area contributed by atoms with Gasteiger partial charge < -0.3 is 9.80 Å². The molecule has 1 atom stereocenters. The van der Waals surface area contributed by atoms with Gasteiger partial charge in [0.2, 0.25) is 11.8 Å². The predicted octanol–water partition coefficient (Wildman–Crippen LogP) is 1.68. The molecule has 25 heavy (non-hydrogen) atoms. The minimum absolute atomic E-state index is 0.0845. The van der Waals surface area contributed by atoms with Crippen molar-refractivity contribution < 1.29 is 14.4 Å². The number of anilines is 1. The van der Waals surface area contributed by atoms with Crippen LogP contribution < -0.4 is 10.2 Å². The van der Waals surface area contributed by atoms with E-state index in [0.29, 0.717) is 13.0 Å². The fourth-order valence-corrected chi connectivity index (χ4v) is 4.11. The highest BCUT2D eigenvalue weighted by molar-refractivity contribution is 6.07. The van der Waals surface area contributed by atoms with Crippen LogP contribution in [0, 0.1) is 5.92 Å². The summed E-state index contributed by atoms with van der Waals surface area (Å²) in [4.78, 5) is 40.6. The van der Waals surface area contributed by atoms with E-state index in [1.54, 1.807) is 4.90 Å². The summed E-state index contributed by atoms with van der Waals surface area (Å²) in [6.07, 6.45) is 2.96. The monoisotopic (exact) mass is 341 g/mol. The molecule has 6 nitrogen and oxygen atoms in total. The van der Waals surface area contributed by atoms with Crippen molar-refractivity contribution in [2.75, 3.05) is 18.0 Å². The van der Waals surface area contributed by atoms with Crippen molar-refractivity contribution in [1.29, 1.82) is 0 Å². The van der Waals surface area contributed by atoms with Crippen molar-refractivity contribution in [2.45, 2.75) is 45.2 Å². The van der Waals surface area contributed by atoms with Crippen molar-refractivity contribution in [1.82, 2.24) is 10.2 Å². The third kappa shape index (κ3) is 2.79. The molecule has 0 aromatic heterocycles. The van der Waals surface area contributed by atoms with E-state index < -0.39 is 6.04 Å². The van der Waals surface area contributed by atoms with Crippen LogP contribution in [0.3, 0.4) is 0 Å². The van der Waals surface area contributed by atoms with Crippen LogP contribution in [0.2, 0.25) is 0 Å². The maximum Gasteiger partial charge on any atom is 0.257 e. The number of carbonyl (C=O) groups is 3. The molecule has 0 aliphatic carbocycles. The first-order valence-corrected chi connectivity index (χ1v) is 9.06. The summed E-state index contributed by atoms with van der Waals surface area (Å²) >= 11 is 0. The number of hydrogen-bond donors (Lipinski definition) is 1. The number of nitrogens with one attached hydrogen (secondary N) is 1. The van der Waals surface area contributed by atoms with Gasteiger partial charge in [0.25, 0.3) is 5.91 Å². The lowest BCUT2D eigenvalue weighted by atomic mass is 9.97. The number of fused-ring (bicyclic) bond motifs is 1. The Morgan fingerprint density at radius 1 is 1.08 bits per heavy atom. The van der Waals surface area contributed by atoms with E-state index in [1.165, 1.54) is 0 Å². The van der Waals surface area contributed by atoms with Crippen molar-refractivity contribution in [2.24, 2.45) is 5.92 Å². The second kappa shape index (κ2) is 6.17. The van der Waals surface area contributed by atoms with E-state index in [2.05, 4.69) is 17.1 Å². The molecule has 4 rings (SSSR count). The largest absolute Gasteiger partial charge is 0.371 e. The number of nitrogens with zero attached hydrogens (tertiary/aromatic N) is 2. The molecule has 3 aliphatic rings. The zero-order valence-corrected chi connectivity index (χ0v) is 14.5. The number of piperidine rings is 2. The molecule has 0 saturated carbocycles. The predicted molar refractivity (Wildman–Crippen MR) is 93.1 cm³/mol. The highest BCUT2D eigenvalue weighted by Gasteiger charge is 2.40. The van der Waals surface area contributed by atoms with Crippen LogP contribution in [0.5, 0.6) is 0 Å². The summed E-state index contributed by atoms with van der Waals surface area (Å²) in [6, 6.07) is 5.43. The van der Waals surface area contributed by atoms with Crippen molar-refractivity contribution in [3.8, 4) is 0 Å². The average Bonchev–Trinajstić information content (AvgIpc) is 2.93. The second-order valence-electron chi connectivity index (χ2n) is 7.38. The number of rotatable bonds is 2. The summed E-state index contributed by atoms with van der Waals surface area (Å²) in [6.45, 7) is 4.63. The Morgan fingerprint density at radius 2 is 1.84 bits per heavy atom. The Kier molecular flexibility index (Phi) is 3.98. The van der Waals surface area contributed by atoms with Crippen molar-refractivity contribution in [3.63, 3.8) is 0 Å². The molecule has 1 unspecified atom stereocenters. The Morgan fingerprint density at radius 3 is 2.56 bits per heavy atom. The number of imide groups is 1. The number of amides is 3. The summed E-state index contributed by atoms with van der Waals surface area (Å²) in [5.41, 5.74) is 2.71. The number of hydrogen-bond acceptors (Lipinski definition) is 4. The number of carbonyl (C=O) groups excluding carboxylic acids is 3. The molecule has 2 saturated heterocycles. The molecule has 1 aromatic carbocycles. The fourth-order valence-electron chi connectivity index (χ4n) is 4.11. The fraction of sp³-hybridized carbons (Fsp3) is 0.526. The smallest absolute Gasteiger partial charge is 0.257 e. The van der Waals surface area contributed by atoms with E-state index in [-0.39, 0.29) is 24.1 Å². The third-order valence-corrected chi connectivity index (χ3v) is 5.65. The van der Waals surface area contributed by atoms with Crippen LogP contribution in [0.4, 0.5) is 5.69 Å². The van der Waals surface area contributed by atoms with Gasteiger partial charge in [-0.1, -0.05) is 19.1 Å². The summed E-state index contributed by atoms with van der Waals surface area (Å²) in [7, 11) is 0. The molecule has 3 aliphatic heterocycles. The van der Waals surface area contributed by atoms with Crippen LogP contribution >= 0.6 is 0 Å². The molecule has 1 N–H and O–H groups in total. The average molecular weight is 341 g/mol. The first-order valence-electron chi connectivity index (χ1n) is 9.06. The number of benzene rings is 1. The lowest BCUT2D eigenvalue weighted by molar-refractivity contribution is -0.136. The first-order chi connectivity index (χ1) is 12.0. The molecule has 132 valence electrons. The van der Waals surface area contributed by atoms with Gasteiger partial charge in [-0.3, -0.25) is 19.7 Å². The lowest BCUT2D eigenvalue weighted by Crippen LogP contribution is -2.52. The van der Waals surface area contributed by atoms with Gasteiger partial charge >= 0.3 is 0 Å². The molecule has 6 heteroatoms. The molecule has 3 amide bonds. The molecular weight excluding hydrogens is 318 g/mol. The topological polar surface area (TPSA) is 69.7 Å². The molecule has 0 bridgehead atoms. The van der Waals surface area contributed by atoms with Gasteiger partial charge in [-0.2, -0.15) is 0 Å². The Hall–Kier alpha value is -2.37. The maximum atomic E-state index is 13.1. The first kappa shape index (κ1) is 16.1. The summed E-state index contributed by atoms with van der Waals surface area (Å²) in [5, 5.41) is 2.35. The lowest BCUT2D eigenvalue weighted by Gasteiger charge is -2.33. The standard InChI is InChI=1S/C19H23N3O3/c1-12-7-9-21(10-8-12)14-4-2-3-13-11-22(19(25)17(13)14)15-5-6-16(23)20-18(15)24/h2-4,12,15H,5-11H2,1H3,(H,20,23,24). The van der Waals surface area contributed by atoms with E-state index in [0.717, 1.165) is 48.7 Å². The Bertz CT molecular complexity index is 737. The zero-order chi connectivity index (χ0) is 17.6. The van der Waals surface area contributed by atoms with Crippen LogP contribution in [0.15, 0.2) is 18.2 Å². The van der Waals surface area contributed by atoms with Gasteiger partial charge in [-0.05, 0) is 36.8 Å². The Balaban J connectivity index is 1.60. The second-order valence-corrected chi connectivity index (χ2v) is 7.38. The quantitative estimate of drug-likeness (QED) is 0.831. The molecular formula is C19H23N3O3. The molecule has 3 heterocycles. The third-order valence-electron chi connectivity index (χ3n) is 5.65. The van der Waals surface area contributed by atoms with Gasteiger partial charge in [0.15, 0.2) is 0 Å². The SMILES string of the molecule is CC1CCN(c2cccc3c2C(=O)N(C2CCC(=O)NC2=O)C3)CC1. The van der Waals surface area contributed by atoms with Crippen LogP contribution in [-0.4, -0.2) is 41.8 Å². The van der Waals surface area contributed by atoms with Gasteiger partial charge in [0.1, 0.15) is 6.04 Å². The van der Waals surface area contributed by atoms with Crippen LogP contribution in [-0.2, 0) is 16.1 Å². The van der Waals surface area contributed by atoms with Crippen LogP contribution in [0.25, 0.3) is 0 Å². The summed E-state index contributed by atoms with van der Waals surface area (Å²) in [5.74, 6) is 0.0293. The van der Waals surface area contributed by atoms with E-state index in [9.17, 15) is 14.4 Å². The van der Waals surface area contributed by atoms with Gasteiger partial charge in [-0.25, -0.2) is 0 Å². The normalized spacial score (nSPS) is 24.5. The minimum atomic E-state index is -0.549. The van der Waals surface area contributed by atoms with Gasteiger partial charge in [0, 0.05) is 31.7 Å². The molecule has 0 radical (unpaired) electrons. The van der Waals surface area contributed by atoms with Gasteiger partial charge in [-0.15, -0.1) is 0 Å². The van der Waals surface area contributed by atoms with E-state index >= 15 is 0 Å². The van der Waals surface area contributed by atoms with E-state index in [4.69, 9.17) is 0 Å². The van der Waals surface area contributed by atoms with Crippen LogP contribution in [0.1, 0.15) is 48.5 Å². The van der Waals surface area contributed by atoms with Crippen molar-refractivity contribution in [3.05, 3.63) is 29.3 Å². The minimum Gasteiger partial charge on any atom is -0.371 e. The molecule has 0 spiro atoms.